The van der Waals surface area contributed by atoms with Crippen molar-refractivity contribution in [2.24, 2.45) is 0 Å². The van der Waals surface area contributed by atoms with Gasteiger partial charge in [0, 0.05) is 18.4 Å². The molecule has 1 atom stereocenters. The Morgan fingerprint density at radius 1 is 1.67 bits per heavy atom. The Bertz CT molecular complexity index is 327. The molecule has 0 bridgehead atoms. The molecule has 1 unspecified atom stereocenters. The summed E-state index contributed by atoms with van der Waals surface area (Å²) in [4.78, 5) is 11.8. The summed E-state index contributed by atoms with van der Waals surface area (Å²) in [5.41, 5.74) is 1.70. The minimum atomic E-state index is -0.136. The van der Waals surface area contributed by atoms with Crippen LogP contribution in [0.3, 0.4) is 0 Å². The van der Waals surface area contributed by atoms with E-state index in [1.165, 1.54) is 11.3 Å². The second-order valence-corrected chi connectivity index (χ2v) is 4.30. The number of nitrogens with one attached hydrogen (secondary N) is 1. The Morgan fingerprint density at radius 2 is 2.40 bits per heavy atom. The fourth-order valence-electron chi connectivity index (χ4n) is 1.18. The van der Waals surface area contributed by atoms with Gasteiger partial charge in [0.1, 0.15) is 0 Å². The minimum Gasteiger partial charge on any atom is -0.383 e. The van der Waals surface area contributed by atoms with Gasteiger partial charge in [0.15, 0.2) is 0 Å². The molecule has 0 aliphatic carbocycles. The monoisotopic (exact) mass is 247 g/mol. The number of carbonyl (C=O) groups is 1. The van der Waals surface area contributed by atoms with E-state index in [-0.39, 0.29) is 11.9 Å². The first kappa shape index (κ1) is 12.5. The summed E-state index contributed by atoms with van der Waals surface area (Å²) in [7, 11) is 1.58. The molecule has 1 amide bonds. The summed E-state index contributed by atoms with van der Waals surface area (Å²) in [6, 6.07) is -0.136. The van der Waals surface area contributed by atoms with Crippen LogP contribution in [0.1, 0.15) is 15.9 Å². The second kappa shape index (κ2) is 6.10. The zero-order valence-corrected chi connectivity index (χ0v) is 10.3. The van der Waals surface area contributed by atoms with E-state index in [1.54, 1.807) is 7.11 Å². The first-order chi connectivity index (χ1) is 7.19. The molecule has 0 aromatic carbocycles. The third kappa shape index (κ3) is 3.48. The summed E-state index contributed by atoms with van der Waals surface area (Å²) in [6.07, 6.45) is 0. The van der Waals surface area contributed by atoms with Crippen LogP contribution in [0.5, 0.6) is 0 Å². The quantitative estimate of drug-likeness (QED) is 0.809. The number of rotatable bonds is 5. The number of hydrogen-bond donors (Lipinski definition) is 1. The van der Waals surface area contributed by atoms with E-state index in [0.717, 1.165) is 5.56 Å². The molecule has 0 fully saturated rings. The van der Waals surface area contributed by atoms with Crippen molar-refractivity contribution in [1.82, 2.24) is 5.32 Å². The molecule has 84 valence electrons. The van der Waals surface area contributed by atoms with Crippen molar-refractivity contribution in [3.8, 4) is 0 Å². The number of aryl methyl sites for hydroxylation is 1. The number of carbonyl (C=O) groups excluding carboxylic acids is 1. The summed E-state index contributed by atoms with van der Waals surface area (Å²) in [6.45, 7) is 2.34. The van der Waals surface area contributed by atoms with Gasteiger partial charge in [-0.2, -0.15) is 11.3 Å². The third-order valence-electron chi connectivity index (χ3n) is 1.99. The Hall–Kier alpha value is -0.580. The Labute approximate surface area is 98.4 Å². The zero-order chi connectivity index (χ0) is 11.3. The molecule has 0 saturated heterocycles. The van der Waals surface area contributed by atoms with E-state index in [9.17, 15) is 4.79 Å². The number of methoxy groups -OCH3 is 1. The Balaban J connectivity index is 2.58. The summed E-state index contributed by atoms with van der Waals surface area (Å²) >= 11 is 7.22. The molecule has 1 aromatic heterocycles. The predicted octanol–water partition coefficient (Wildman–Crippen LogP) is 2.04. The van der Waals surface area contributed by atoms with Gasteiger partial charge in [-0.05, 0) is 17.9 Å². The molecule has 5 heteroatoms. The first-order valence-corrected chi connectivity index (χ1v) is 6.05. The lowest BCUT2D eigenvalue weighted by molar-refractivity contribution is 0.0906. The maximum Gasteiger partial charge on any atom is 0.252 e. The fraction of sp³-hybridized carbons (Fsp3) is 0.500. The van der Waals surface area contributed by atoms with E-state index < -0.39 is 0 Å². The van der Waals surface area contributed by atoms with Crippen molar-refractivity contribution in [2.45, 2.75) is 13.0 Å². The lowest BCUT2D eigenvalue weighted by Gasteiger charge is -2.14. The van der Waals surface area contributed by atoms with E-state index in [4.69, 9.17) is 16.3 Å². The number of halogens is 1. The number of amides is 1. The average molecular weight is 248 g/mol. The number of ether oxygens (including phenoxy) is 1. The van der Waals surface area contributed by atoms with Gasteiger partial charge in [-0.1, -0.05) is 0 Å². The molecule has 1 aromatic rings. The van der Waals surface area contributed by atoms with Crippen LogP contribution in [0.25, 0.3) is 0 Å². The number of alkyl halides is 1. The smallest absolute Gasteiger partial charge is 0.252 e. The summed E-state index contributed by atoms with van der Waals surface area (Å²) in [5.74, 6) is 0.263. The van der Waals surface area contributed by atoms with E-state index >= 15 is 0 Å². The van der Waals surface area contributed by atoms with Crippen LogP contribution in [0.4, 0.5) is 0 Å². The molecule has 0 spiro atoms. The van der Waals surface area contributed by atoms with Crippen molar-refractivity contribution in [1.29, 1.82) is 0 Å². The molecule has 1 rings (SSSR count). The number of thiophene rings is 1. The fourth-order valence-corrected chi connectivity index (χ4v) is 2.18. The SMILES string of the molecule is COCC(CCl)NC(=O)c1cscc1C. The molecular formula is C10H14ClNO2S. The van der Waals surface area contributed by atoms with Gasteiger partial charge in [-0.15, -0.1) is 11.6 Å². The van der Waals surface area contributed by atoms with Crippen LogP contribution in [0.15, 0.2) is 10.8 Å². The van der Waals surface area contributed by atoms with Gasteiger partial charge in [0.05, 0.1) is 18.2 Å². The average Bonchev–Trinajstić information content (AvgIpc) is 2.63. The van der Waals surface area contributed by atoms with Crippen molar-refractivity contribution < 1.29 is 9.53 Å². The van der Waals surface area contributed by atoms with Crippen LogP contribution >= 0.6 is 22.9 Å². The van der Waals surface area contributed by atoms with Gasteiger partial charge in [0.2, 0.25) is 0 Å². The molecule has 0 aliphatic heterocycles. The van der Waals surface area contributed by atoms with Crippen molar-refractivity contribution in [2.75, 3.05) is 19.6 Å². The normalized spacial score (nSPS) is 12.5. The van der Waals surface area contributed by atoms with Gasteiger partial charge >= 0.3 is 0 Å². The lowest BCUT2D eigenvalue weighted by Crippen LogP contribution is -2.39. The summed E-state index contributed by atoms with van der Waals surface area (Å²) < 4.78 is 4.95. The van der Waals surface area contributed by atoms with Crippen molar-refractivity contribution in [3.05, 3.63) is 21.9 Å². The topological polar surface area (TPSA) is 38.3 Å². The van der Waals surface area contributed by atoms with Crippen LogP contribution in [-0.2, 0) is 4.74 Å². The highest BCUT2D eigenvalue weighted by atomic mass is 35.5. The van der Waals surface area contributed by atoms with Crippen LogP contribution < -0.4 is 5.32 Å². The lowest BCUT2D eigenvalue weighted by atomic mass is 10.2. The first-order valence-electron chi connectivity index (χ1n) is 4.57. The highest BCUT2D eigenvalue weighted by molar-refractivity contribution is 7.08. The predicted molar refractivity (Wildman–Crippen MR) is 62.9 cm³/mol. The molecule has 0 saturated carbocycles. The highest BCUT2D eigenvalue weighted by Gasteiger charge is 2.14. The van der Waals surface area contributed by atoms with Crippen LogP contribution in [0, 0.1) is 6.92 Å². The minimum absolute atomic E-state index is 0.0866. The van der Waals surface area contributed by atoms with E-state index in [1.807, 2.05) is 17.7 Å². The molecule has 1 N–H and O–H groups in total. The van der Waals surface area contributed by atoms with Gasteiger partial charge in [-0.3, -0.25) is 4.79 Å². The van der Waals surface area contributed by atoms with Crippen LogP contribution in [0.2, 0.25) is 0 Å². The Morgan fingerprint density at radius 3 is 2.87 bits per heavy atom. The van der Waals surface area contributed by atoms with Crippen molar-refractivity contribution in [3.63, 3.8) is 0 Å². The number of hydrogen-bond acceptors (Lipinski definition) is 3. The Kier molecular flexibility index (Phi) is 5.08. The van der Waals surface area contributed by atoms with Gasteiger partial charge in [0.25, 0.3) is 5.91 Å². The molecule has 0 radical (unpaired) electrons. The van der Waals surface area contributed by atoms with Crippen molar-refractivity contribution >= 4 is 28.8 Å². The largest absolute Gasteiger partial charge is 0.383 e. The van der Waals surface area contributed by atoms with Gasteiger partial charge < -0.3 is 10.1 Å². The second-order valence-electron chi connectivity index (χ2n) is 3.25. The molecule has 0 aliphatic rings. The third-order valence-corrected chi connectivity index (χ3v) is 3.22. The van der Waals surface area contributed by atoms with E-state index in [2.05, 4.69) is 5.32 Å². The highest BCUT2D eigenvalue weighted by Crippen LogP contribution is 2.13. The van der Waals surface area contributed by atoms with Gasteiger partial charge in [-0.25, -0.2) is 0 Å². The van der Waals surface area contributed by atoms with Crippen LogP contribution in [-0.4, -0.2) is 31.5 Å². The molecule has 1 heterocycles. The molecular weight excluding hydrogens is 234 g/mol. The maximum atomic E-state index is 11.8. The zero-order valence-electron chi connectivity index (χ0n) is 8.75. The van der Waals surface area contributed by atoms with E-state index in [0.29, 0.717) is 18.1 Å². The maximum absolute atomic E-state index is 11.8. The summed E-state index contributed by atoms with van der Waals surface area (Å²) in [5, 5.41) is 6.60. The molecule has 3 nitrogen and oxygen atoms in total. The molecule has 15 heavy (non-hydrogen) atoms. The standard InChI is InChI=1S/C10H14ClNO2S/c1-7-5-15-6-9(7)10(13)12-8(3-11)4-14-2/h5-6,8H,3-4H2,1-2H3,(H,12,13).